The van der Waals surface area contributed by atoms with Gasteiger partial charge in [-0.2, -0.15) is 0 Å². The minimum Gasteiger partial charge on any atom is -0.444 e. The molecule has 0 spiro atoms. The van der Waals surface area contributed by atoms with Gasteiger partial charge in [0.15, 0.2) is 5.78 Å². The number of benzene rings is 1. The monoisotopic (exact) mass is 341 g/mol. The zero-order valence-electron chi connectivity index (χ0n) is 13.7. The van der Waals surface area contributed by atoms with Gasteiger partial charge in [-0.15, -0.1) is 0 Å². The molecule has 1 aromatic rings. The van der Waals surface area contributed by atoms with Crippen molar-refractivity contribution in [3.8, 4) is 0 Å². The van der Waals surface area contributed by atoms with E-state index in [1.54, 1.807) is 20.8 Å². The fraction of sp³-hybridized carbons (Fsp3) is 0.529. The zero-order valence-corrected chi connectivity index (χ0v) is 14.5. The highest BCUT2D eigenvalue weighted by Crippen LogP contribution is 2.39. The van der Waals surface area contributed by atoms with Crippen molar-refractivity contribution in [2.45, 2.75) is 58.2 Å². The van der Waals surface area contributed by atoms with E-state index in [1.165, 1.54) is 30.0 Å². The first-order valence-electron chi connectivity index (χ1n) is 7.57. The van der Waals surface area contributed by atoms with E-state index in [9.17, 15) is 14.0 Å². The molecule has 1 aliphatic heterocycles. The molecule has 1 aliphatic rings. The summed E-state index contributed by atoms with van der Waals surface area (Å²) in [5.74, 6) is -0.585. The van der Waals surface area contributed by atoms with E-state index in [-0.39, 0.29) is 5.78 Å². The fourth-order valence-corrected chi connectivity index (χ4v) is 3.04. The number of ketones is 1. The molecule has 0 saturated carbocycles. The second-order valence-corrected chi connectivity index (χ2v) is 7.21. The van der Waals surface area contributed by atoms with Crippen molar-refractivity contribution in [2.24, 2.45) is 0 Å². The molecule has 0 aromatic heterocycles. The molecule has 0 aliphatic carbocycles. The van der Waals surface area contributed by atoms with Crippen molar-refractivity contribution in [2.75, 3.05) is 0 Å². The smallest absolute Gasteiger partial charge is 0.411 e. The van der Waals surface area contributed by atoms with E-state index >= 15 is 0 Å². The number of ether oxygens (including phenoxy) is 1. The van der Waals surface area contributed by atoms with Gasteiger partial charge in [0.05, 0.1) is 12.1 Å². The molecule has 0 unspecified atom stereocenters. The Balaban J connectivity index is 2.39. The van der Waals surface area contributed by atoms with Crippen LogP contribution in [0.4, 0.5) is 9.18 Å². The molecular formula is C17H21ClFNO3. The number of hydrogen-bond donors (Lipinski definition) is 0. The highest BCUT2D eigenvalue weighted by molar-refractivity contribution is 6.30. The summed E-state index contributed by atoms with van der Waals surface area (Å²) in [6.45, 7) is 6.68. The summed E-state index contributed by atoms with van der Waals surface area (Å²) >= 11 is 5.96. The molecule has 1 heterocycles. The van der Waals surface area contributed by atoms with Crippen molar-refractivity contribution in [1.29, 1.82) is 0 Å². The summed E-state index contributed by atoms with van der Waals surface area (Å²) in [6, 6.07) is 3.06. The number of carbonyl (C=O) groups excluding carboxylic acids is 2. The van der Waals surface area contributed by atoms with E-state index in [2.05, 4.69) is 0 Å². The fourth-order valence-electron chi connectivity index (χ4n) is 2.85. The van der Waals surface area contributed by atoms with Gasteiger partial charge < -0.3 is 4.74 Å². The number of amides is 1. The zero-order chi connectivity index (χ0) is 17.4. The second kappa shape index (κ2) is 6.48. The van der Waals surface area contributed by atoms with Gasteiger partial charge in [0.25, 0.3) is 0 Å². The summed E-state index contributed by atoms with van der Waals surface area (Å²) in [5.41, 5.74) is -0.384. The molecule has 1 aromatic carbocycles. The lowest BCUT2D eigenvalue weighted by Crippen LogP contribution is -2.44. The Hall–Kier alpha value is -1.62. The predicted molar refractivity (Wildman–Crippen MR) is 85.9 cm³/mol. The Labute approximate surface area is 140 Å². The minimum atomic E-state index is -0.696. The van der Waals surface area contributed by atoms with Gasteiger partial charge in [-0.05, 0) is 58.7 Å². The van der Waals surface area contributed by atoms with Crippen LogP contribution in [0.3, 0.4) is 0 Å². The molecule has 1 fully saturated rings. The van der Waals surface area contributed by atoms with Gasteiger partial charge in [-0.25, -0.2) is 9.18 Å². The number of halogens is 2. The van der Waals surface area contributed by atoms with Crippen LogP contribution in [0.2, 0.25) is 5.02 Å². The highest BCUT2D eigenvalue weighted by atomic mass is 35.5. The maximum atomic E-state index is 14.2. The van der Waals surface area contributed by atoms with Crippen molar-refractivity contribution < 1.29 is 18.7 Å². The van der Waals surface area contributed by atoms with Crippen LogP contribution in [0.25, 0.3) is 0 Å². The van der Waals surface area contributed by atoms with Crippen molar-refractivity contribution in [1.82, 2.24) is 4.90 Å². The Bertz CT molecular complexity index is 627. The SMILES string of the molecule is CC(=O)[C@H]1CC[C@@H](c2cc(Cl)ccc2F)N1C(=O)OC(C)(C)C. The molecule has 4 nitrogen and oxygen atoms in total. The lowest BCUT2D eigenvalue weighted by molar-refractivity contribution is -0.121. The van der Waals surface area contributed by atoms with Gasteiger partial charge in [0.2, 0.25) is 0 Å². The Morgan fingerprint density at radius 2 is 1.96 bits per heavy atom. The number of Topliss-reactive ketones (excluding diaryl/α,β-unsaturated/α-hetero) is 1. The molecule has 0 bridgehead atoms. The summed E-state index contributed by atoms with van der Waals surface area (Å²) in [7, 11) is 0. The van der Waals surface area contributed by atoms with E-state index in [0.717, 1.165) is 0 Å². The quantitative estimate of drug-likeness (QED) is 0.795. The summed E-state index contributed by atoms with van der Waals surface area (Å²) < 4.78 is 19.6. The van der Waals surface area contributed by atoms with Gasteiger partial charge in [0.1, 0.15) is 11.4 Å². The third kappa shape index (κ3) is 4.02. The van der Waals surface area contributed by atoms with E-state index < -0.39 is 29.6 Å². The molecular weight excluding hydrogens is 321 g/mol. The Morgan fingerprint density at radius 1 is 1.30 bits per heavy atom. The van der Waals surface area contributed by atoms with E-state index in [0.29, 0.717) is 23.4 Å². The normalized spacial score (nSPS) is 21.4. The highest BCUT2D eigenvalue weighted by Gasteiger charge is 2.43. The van der Waals surface area contributed by atoms with E-state index in [1.807, 2.05) is 0 Å². The lowest BCUT2D eigenvalue weighted by atomic mass is 10.0. The Kier molecular flexibility index (Phi) is 4.99. The molecule has 6 heteroatoms. The lowest BCUT2D eigenvalue weighted by Gasteiger charge is -2.32. The topological polar surface area (TPSA) is 46.6 Å². The first-order valence-corrected chi connectivity index (χ1v) is 7.94. The van der Waals surface area contributed by atoms with Crippen LogP contribution in [-0.4, -0.2) is 28.4 Å². The molecule has 2 rings (SSSR count). The van der Waals surface area contributed by atoms with Crippen molar-refractivity contribution in [3.05, 3.63) is 34.6 Å². The average molecular weight is 342 g/mol. The van der Waals surface area contributed by atoms with E-state index in [4.69, 9.17) is 16.3 Å². The van der Waals surface area contributed by atoms with Crippen LogP contribution in [0, 0.1) is 5.82 Å². The molecule has 2 atom stereocenters. The predicted octanol–water partition coefficient (Wildman–Crippen LogP) is 4.51. The third-order valence-corrected chi connectivity index (χ3v) is 4.01. The van der Waals surface area contributed by atoms with Gasteiger partial charge >= 0.3 is 6.09 Å². The maximum Gasteiger partial charge on any atom is 0.411 e. The van der Waals surface area contributed by atoms with Crippen molar-refractivity contribution >= 4 is 23.5 Å². The summed E-state index contributed by atoms with van der Waals surface area (Å²) in [6.07, 6.45) is 0.353. The van der Waals surface area contributed by atoms with Crippen LogP contribution in [0.5, 0.6) is 0 Å². The maximum absolute atomic E-state index is 14.2. The van der Waals surface area contributed by atoms with Crippen LogP contribution in [0.1, 0.15) is 52.1 Å². The average Bonchev–Trinajstić information content (AvgIpc) is 2.84. The molecule has 126 valence electrons. The minimum absolute atomic E-state index is 0.138. The van der Waals surface area contributed by atoms with Crippen LogP contribution in [-0.2, 0) is 9.53 Å². The number of rotatable bonds is 2. The largest absolute Gasteiger partial charge is 0.444 e. The van der Waals surface area contributed by atoms with Crippen LogP contribution in [0.15, 0.2) is 18.2 Å². The molecule has 0 radical (unpaired) electrons. The van der Waals surface area contributed by atoms with Gasteiger partial charge in [-0.3, -0.25) is 9.69 Å². The van der Waals surface area contributed by atoms with Crippen LogP contribution >= 0.6 is 11.6 Å². The standard InChI is InChI=1S/C17H21ClFNO3/c1-10(21)14-7-8-15(12-9-11(18)5-6-13(12)19)20(14)16(22)23-17(2,3)4/h5-6,9,14-15H,7-8H2,1-4H3/t14-,15+/m1/s1. The molecule has 0 N–H and O–H groups in total. The third-order valence-electron chi connectivity index (χ3n) is 3.78. The first-order chi connectivity index (χ1) is 10.6. The molecule has 1 amide bonds. The Morgan fingerprint density at radius 3 is 2.52 bits per heavy atom. The molecule has 1 saturated heterocycles. The van der Waals surface area contributed by atoms with Gasteiger partial charge in [0, 0.05) is 10.6 Å². The van der Waals surface area contributed by atoms with Crippen molar-refractivity contribution in [3.63, 3.8) is 0 Å². The molecule has 23 heavy (non-hydrogen) atoms. The summed E-state index contributed by atoms with van der Waals surface area (Å²) in [5, 5.41) is 0.386. The summed E-state index contributed by atoms with van der Waals surface area (Å²) in [4.78, 5) is 25.8. The first kappa shape index (κ1) is 17.7. The van der Waals surface area contributed by atoms with Gasteiger partial charge in [-0.1, -0.05) is 11.6 Å². The number of likely N-dealkylation sites (tertiary alicyclic amines) is 1. The van der Waals surface area contributed by atoms with Crippen LogP contribution < -0.4 is 0 Å². The number of carbonyl (C=O) groups is 2. The second-order valence-electron chi connectivity index (χ2n) is 6.77. The number of nitrogens with zero attached hydrogens (tertiary/aromatic N) is 1. The number of hydrogen-bond acceptors (Lipinski definition) is 3.